The van der Waals surface area contributed by atoms with Gasteiger partial charge in [0.2, 0.25) is 5.91 Å². The van der Waals surface area contributed by atoms with Crippen LogP contribution in [0.4, 0.5) is 10.2 Å². The zero-order valence-electron chi connectivity index (χ0n) is 19.5. The molecule has 1 saturated heterocycles. The molecule has 9 nitrogen and oxygen atoms in total. The molecule has 0 radical (unpaired) electrons. The Morgan fingerprint density at radius 3 is 2.81 bits per heavy atom. The largest absolute Gasteiger partial charge is 0.508 e. The molecule has 5 rings (SSSR count). The fraction of sp³-hybridized carbons (Fsp3) is 0.231. The zero-order valence-corrected chi connectivity index (χ0v) is 20.3. The lowest BCUT2D eigenvalue weighted by Gasteiger charge is -2.41. The molecule has 4 aromatic rings. The molecule has 1 aromatic heterocycles. The zero-order chi connectivity index (χ0) is 26.3. The summed E-state index contributed by atoms with van der Waals surface area (Å²) >= 11 is 6.64. The summed E-state index contributed by atoms with van der Waals surface area (Å²) in [5, 5.41) is 21.3. The van der Waals surface area contributed by atoms with E-state index in [1.54, 1.807) is 40.1 Å². The maximum atomic E-state index is 16.1. The molecule has 4 N–H and O–H groups in total. The predicted octanol–water partition coefficient (Wildman–Crippen LogP) is 3.13. The van der Waals surface area contributed by atoms with Crippen molar-refractivity contribution in [1.82, 2.24) is 14.9 Å². The summed E-state index contributed by atoms with van der Waals surface area (Å²) in [5.74, 6) is -0.888. The number of aromatic hydroxyl groups is 1. The highest BCUT2D eigenvalue weighted by atomic mass is 35.5. The number of carbonyl (C=O) groups excluding carboxylic acids is 1. The number of fused-ring (bicyclic) bond motifs is 2. The van der Waals surface area contributed by atoms with E-state index in [-0.39, 0.29) is 65.0 Å². The molecule has 11 heteroatoms. The maximum absolute atomic E-state index is 16.1. The summed E-state index contributed by atoms with van der Waals surface area (Å²) in [4.78, 5) is 34.7. The van der Waals surface area contributed by atoms with Gasteiger partial charge in [-0.15, -0.1) is 0 Å². The Morgan fingerprint density at radius 1 is 1.27 bits per heavy atom. The second kappa shape index (κ2) is 9.69. The number of rotatable bonds is 4. The van der Waals surface area contributed by atoms with Crippen LogP contribution in [-0.2, 0) is 4.79 Å². The molecule has 1 aliphatic heterocycles. The number of phenolic OH excluding ortho intramolecular Hbond substituents is 1. The Balaban J connectivity index is 1.66. The number of nitrogens with zero attached hydrogens (tertiary/aromatic N) is 4. The van der Waals surface area contributed by atoms with Crippen LogP contribution in [0.15, 0.2) is 47.3 Å². The second-order valence-corrected chi connectivity index (χ2v) is 9.21. The summed E-state index contributed by atoms with van der Waals surface area (Å²) in [5.41, 5.74) is 5.10. The molecule has 0 spiro atoms. The number of halogens is 2. The number of H-pyrrole nitrogens is 1. The Labute approximate surface area is 215 Å². The molecule has 1 fully saturated rings. The first-order valence-electron chi connectivity index (χ1n) is 11.6. The third kappa shape index (κ3) is 4.33. The van der Waals surface area contributed by atoms with Gasteiger partial charge >= 0.3 is 5.69 Å². The molecule has 1 atom stereocenters. The van der Waals surface area contributed by atoms with Crippen LogP contribution in [0.3, 0.4) is 0 Å². The molecule has 3 aromatic carbocycles. The number of benzene rings is 3. The number of hydrogen-bond donors (Lipinski definition) is 3. The van der Waals surface area contributed by atoms with Crippen molar-refractivity contribution in [3.05, 3.63) is 63.8 Å². The Bertz CT molecular complexity index is 1650. The van der Waals surface area contributed by atoms with Crippen molar-refractivity contribution in [2.75, 3.05) is 31.1 Å². The predicted molar refractivity (Wildman–Crippen MR) is 139 cm³/mol. The molecule has 0 saturated carbocycles. The molecular formula is C26H22ClFN6O3. The van der Waals surface area contributed by atoms with Gasteiger partial charge in [0.1, 0.15) is 11.6 Å². The highest BCUT2D eigenvalue weighted by Crippen LogP contribution is 2.41. The van der Waals surface area contributed by atoms with Crippen molar-refractivity contribution in [3.63, 3.8) is 0 Å². The molecule has 188 valence electrons. The van der Waals surface area contributed by atoms with E-state index in [4.69, 9.17) is 17.3 Å². The van der Waals surface area contributed by atoms with Crippen LogP contribution < -0.4 is 16.3 Å². The lowest BCUT2D eigenvalue weighted by Crippen LogP contribution is -2.56. The van der Waals surface area contributed by atoms with Gasteiger partial charge in [-0.05, 0) is 34.5 Å². The second-order valence-electron chi connectivity index (χ2n) is 8.80. The lowest BCUT2D eigenvalue weighted by atomic mass is 9.96. The SMILES string of the molecule is N#CC[C@H]1CN(c2nc(=O)[nH]c3c(F)c(-c4cc(O)cc5ccccc45)c(Cl)cc23)CCN1C(=O)CN. The summed E-state index contributed by atoms with van der Waals surface area (Å²) in [6, 6.07) is 13.3. The van der Waals surface area contributed by atoms with Gasteiger partial charge in [-0.1, -0.05) is 35.9 Å². The van der Waals surface area contributed by atoms with Crippen LogP contribution in [0.1, 0.15) is 6.42 Å². The fourth-order valence-electron chi connectivity index (χ4n) is 4.97. The van der Waals surface area contributed by atoms with Gasteiger partial charge in [-0.2, -0.15) is 10.2 Å². The van der Waals surface area contributed by atoms with E-state index in [2.05, 4.69) is 16.0 Å². The van der Waals surface area contributed by atoms with Gasteiger partial charge < -0.3 is 25.6 Å². The van der Waals surface area contributed by atoms with E-state index in [1.165, 1.54) is 12.1 Å². The van der Waals surface area contributed by atoms with Gasteiger partial charge in [0, 0.05) is 30.6 Å². The van der Waals surface area contributed by atoms with Crippen LogP contribution in [0, 0.1) is 17.1 Å². The summed E-state index contributed by atoms with van der Waals surface area (Å²) in [7, 11) is 0. The van der Waals surface area contributed by atoms with E-state index in [9.17, 15) is 20.0 Å². The number of carbonyl (C=O) groups is 1. The third-order valence-corrected chi connectivity index (χ3v) is 6.92. The molecule has 0 bridgehead atoms. The standard InChI is InChI=1S/C26H22ClFN6O3/c27-20-11-19-24(23(28)22(20)18-10-16(35)9-14-3-1-2-4-17(14)18)31-26(37)32-25(19)33-7-8-34(21(36)12-30)15(13-33)5-6-29/h1-4,9-11,15,35H,5,7-8,12-13,30H2,(H,31,32,37)/t15-/m0/s1. The molecular weight excluding hydrogens is 499 g/mol. The number of nitriles is 1. The average Bonchev–Trinajstić information content (AvgIpc) is 2.88. The van der Waals surface area contributed by atoms with Crippen molar-refractivity contribution >= 4 is 45.0 Å². The number of anilines is 1. The highest BCUT2D eigenvalue weighted by molar-refractivity contribution is 6.35. The minimum atomic E-state index is -0.760. The van der Waals surface area contributed by atoms with Gasteiger partial charge in [-0.3, -0.25) is 4.79 Å². The van der Waals surface area contributed by atoms with Gasteiger partial charge in [-0.25, -0.2) is 9.18 Å². The first-order chi connectivity index (χ1) is 17.8. The van der Waals surface area contributed by atoms with Gasteiger partial charge in [0.15, 0.2) is 5.82 Å². The van der Waals surface area contributed by atoms with E-state index < -0.39 is 17.5 Å². The summed E-state index contributed by atoms with van der Waals surface area (Å²) in [6.45, 7) is 0.601. The number of hydrogen-bond acceptors (Lipinski definition) is 7. The number of piperazine rings is 1. The van der Waals surface area contributed by atoms with Crippen LogP contribution in [0.2, 0.25) is 5.02 Å². The van der Waals surface area contributed by atoms with Gasteiger partial charge in [0.25, 0.3) is 0 Å². The van der Waals surface area contributed by atoms with Crippen molar-refractivity contribution < 1.29 is 14.3 Å². The molecule has 0 aliphatic carbocycles. The van der Waals surface area contributed by atoms with Crippen molar-refractivity contribution in [3.8, 4) is 22.9 Å². The average molecular weight is 521 g/mol. The van der Waals surface area contributed by atoms with Crippen molar-refractivity contribution in [1.29, 1.82) is 5.26 Å². The van der Waals surface area contributed by atoms with Crippen LogP contribution in [0.25, 0.3) is 32.8 Å². The van der Waals surface area contributed by atoms with Crippen LogP contribution in [-0.4, -0.2) is 58.1 Å². The quantitative estimate of drug-likeness (QED) is 0.375. The smallest absolute Gasteiger partial charge is 0.347 e. The molecule has 1 amide bonds. The number of aromatic amines is 1. The first-order valence-corrected chi connectivity index (χ1v) is 12.0. The van der Waals surface area contributed by atoms with Crippen LogP contribution >= 0.6 is 11.6 Å². The van der Waals surface area contributed by atoms with Crippen LogP contribution in [0.5, 0.6) is 5.75 Å². The Hall–Kier alpha value is -4.20. The Kier molecular flexibility index (Phi) is 6.41. The lowest BCUT2D eigenvalue weighted by molar-refractivity contribution is -0.132. The molecule has 2 heterocycles. The van der Waals surface area contributed by atoms with Crippen molar-refractivity contribution in [2.24, 2.45) is 5.73 Å². The topological polar surface area (TPSA) is 139 Å². The third-order valence-electron chi connectivity index (χ3n) is 6.62. The number of phenols is 1. The molecule has 37 heavy (non-hydrogen) atoms. The first kappa shape index (κ1) is 24.5. The minimum absolute atomic E-state index is 0.0368. The summed E-state index contributed by atoms with van der Waals surface area (Å²) < 4.78 is 16.1. The molecule has 0 unspecified atom stereocenters. The van der Waals surface area contributed by atoms with E-state index >= 15 is 4.39 Å². The Morgan fingerprint density at radius 2 is 2.05 bits per heavy atom. The number of nitrogens with one attached hydrogen (secondary N) is 1. The van der Waals surface area contributed by atoms with Gasteiger partial charge in [0.05, 0.1) is 35.6 Å². The number of nitrogens with two attached hydrogens (primary N) is 1. The number of amides is 1. The van der Waals surface area contributed by atoms with E-state index in [0.717, 1.165) is 0 Å². The summed E-state index contributed by atoms with van der Waals surface area (Å²) in [6.07, 6.45) is 0.0627. The monoisotopic (exact) mass is 520 g/mol. The van der Waals surface area contributed by atoms with Crippen molar-refractivity contribution in [2.45, 2.75) is 12.5 Å². The normalized spacial score (nSPS) is 15.8. The fourth-order valence-corrected chi connectivity index (χ4v) is 5.27. The van der Waals surface area contributed by atoms with E-state index in [0.29, 0.717) is 22.9 Å². The number of aromatic nitrogens is 2. The van der Waals surface area contributed by atoms with E-state index in [1.807, 2.05) is 0 Å². The maximum Gasteiger partial charge on any atom is 0.347 e. The highest BCUT2D eigenvalue weighted by Gasteiger charge is 2.32. The minimum Gasteiger partial charge on any atom is -0.508 e. The molecule has 1 aliphatic rings.